The highest BCUT2D eigenvalue weighted by molar-refractivity contribution is 5.81. The first-order chi connectivity index (χ1) is 12.0. The van der Waals surface area contributed by atoms with Gasteiger partial charge in [-0.2, -0.15) is 0 Å². The van der Waals surface area contributed by atoms with E-state index in [1.807, 2.05) is 30.3 Å². The summed E-state index contributed by atoms with van der Waals surface area (Å²) in [5.41, 5.74) is 0. The van der Waals surface area contributed by atoms with Gasteiger partial charge in [0.15, 0.2) is 0 Å². The molecule has 2 heterocycles. The van der Waals surface area contributed by atoms with Crippen LogP contribution in [0.5, 0.6) is 5.75 Å². The third-order valence-corrected chi connectivity index (χ3v) is 4.65. The Bertz CT molecular complexity index is 561. The Morgan fingerprint density at radius 3 is 2.64 bits per heavy atom. The first kappa shape index (κ1) is 18.1. The van der Waals surface area contributed by atoms with E-state index in [2.05, 4.69) is 4.90 Å². The number of nitrogens with zero attached hydrogens (tertiary/aromatic N) is 2. The molecule has 2 aliphatic heterocycles. The second kappa shape index (κ2) is 8.10. The van der Waals surface area contributed by atoms with E-state index >= 15 is 0 Å². The molecule has 1 aromatic rings. The summed E-state index contributed by atoms with van der Waals surface area (Å²) in [4.78, 5) is 16.1. The van der Waals surface area contributed by atoms with Crippen LogP contribution in [0.15, 0.2) is 30.3 Å². The maximum Gasteiger partial charge on any atom is 0.253 e. The Hall–Kier alpha value is -1.73. The summed E-state index contributed by atoms with van der Waals surface area (Å²) in [6, 6.07) is 9.57. The quantitative estimate of drug-likeness (QED) is 0.811. The average molecular weight is 354 g/mol. The van der Waals surface area contributed by atoms with E-state index < -0.39 is 12.0 Å². The predicted octanol–water partition coefficient (Wildman–Crippen LogP) is 2.02. The molecule has 0 bridgehead atoms. The molecule has 0 aliphatic carbocycles. The number of carbonyl (C=O) groups excluding carboxylic acids is 1. The fourth-order valence-corrected chi connectivity index (χ4v) is 3.12. The molecule has 0 radical (unpaired) electrons. The van der Waals surface area contributed by atoms with E-state index in [0.29, 0.717) is 26.3 Å². The third-order valence-electron chi connectivity index (χ3n) is 4.65. The number of morpholine rings is 1. The van der Waals surface area contributed by atoms with Gasteiger partial charge in [-0.15, -0.1) is 0 Å². The van der Waals surface area contributed by atoms with Crippen molar-refractivity contribution in [2.75, 3.05) is 45.9 Å². The van der Waals surface area contributed by atoms with Gasteiger partial charge in [0.2, 0.25) is 0 Å². The fourth-order valence-electron chi connectivity index (χ4n) is 3.12. The standard InChI is InChI=1S/C18H24F2N2O3/c19-18(20)6-8-22(9-7-18)17(23)16-14-21(11-13-25-16)10-12-24-15-4-2-1-3-5-15/h1-5,16H,6-14H2. The number of amides is 1. The number of rotatable bonds is 5. The minimum atomic E-state index is -2.65. The molecule has 7 heteroatoms. The highest BCUT2D eigenvalue weighted by atomic mass is 19.3. The average Bonchev–Trinajstić information content (AvgIpc) is 2.62. The summed E-state index contributed by atoms with van der Waals surface area (Å²) in [5.74, 6) is -2.01. The van der Waals surface area contributed by atoms with Crippen molar-refractivity contribution in [1.29, 1.82) is 0 Å². The van der Waals surface area contributed by atoms with Crippen LogP contribution >= 0.6 is 0 Å². The molecule has 0 saturated carbocycles. The second-order valence-corrected chi connectivity index (χ2v) is 6.50. The van der Waals surface area contributed by atoms with Crippen LogP contribution in [0, 0.1) is 0 Å². The highest BCUT2D eigenvalue weighted by Crippen LogP contribution is 2.28. The molecule has 2 fully saturated rings. The van der Waals surface area contributed by atoms with Crippen molar-refractivity contribution in [2.24, 2.45) is 0 Å². The number of alkyl halides is 2. The summed E-state index contributed by atoms with van der Waals surface area (Å²) < 4.78 is 37.7. The normalized spacial score (nSPS) is 24.1. The van der Waals surface area contributed by atoms with E-state index in [9.17, 15) is 13.6 Å². The summed E-state index contributed by atoms with van der Waals surface area (Å²) in [6.07, 6.45) is -1.10. The first-order valence-electron chi connectivity index (χ1n) is 8.72. The molecule has 0 aromatic heterocycles. The van der Waals surface area contributed by atoms with E-state index in [1.54, 1.807) is 0 Å². The Balaban J connectivity index is 1.43. The Morgan fingerprint density at radius 1 is 1.20 bits per heavy atom. The maximum absolute atomic E-state index is 13.2. The predicted molar refractivity (Wildman–Crippen MR) is 88.9 cm³/mol. The van der Waals surface area contributed by atoms with Crippen LogP contribution in [0.1, 0.15) is 12.8 Å². The second-order valence-electron chi connectivity index (χ2n) is 6.50. The summed E-state index contributed by atoms with van der Waals surface area (Å²) >= 11 is 0. The summed E-state index contributed by atoms with van der Waals surface area (Å²) in [5, 5.41) is 0. The van der Waals surface area contributed by atoms with Gasteiger partial charge in [-0.1, -0.05) is 18.2 Å². The van der Waals surface area contributed by atoms with Crippen molar-refractivity contribution < 1.29 is 23.0 Å². The minimum Gasteiger partial charge on any atom is -0.492 e. The number of halogens is 2. The number of hydrogen-bond acceptors (Lipinski definition) is 4. The topological polar surface area (TPSA) is 42.0 Å². The molecule has 2 aliphatic rings. The fraction of sp³-hybridized carbons (Fsp3) is 0.611. The van der Waals surface area contributed by atoms with Crippen molar-refractivity contribution in [3.8, 4) is 5.75 Å². The van der Waals surface area contributed by atoms with Crippen molar-refractivity contribution in [1.82, 2.24) is 9.80 Å². The monoisotopic (exact) mass is 354 g/mol. The number of ether oxygens (including phenoxy) is 2. The number of benzene rings is 1. The van der Waals surface area contributed by atoms with Crippen LogP contribution in [0.25, 0.3) is 0 Å². The molecular weight excluding hydrogens is 330 g/mol. The van der Waals surface area contributed by atoms with Crippen LogP contribution in [0.3, 0.4) is 0 Å². The van der Waals surface area contributed by atoms with Gasteiger partial charge >= 0.3 is 0 Å². The molecular formula is C18H24F2N2O3. The van der Waals surface area contributed by atoms with Gasteiger partial charge in [0, 0.05) is 45.6 Å². The van der Waals surface area contributed by atoms with Gasteiger partial charge in [-0.3, -0.25) is 9.69 Å². The Labute approximate surface area is 146 Å². The summed E-state index contributed by atoms with van der Waals surface area (Å²) in [7, 11) is 0. The van der Waals surface area contributed by atoms with Crippen LogP contribution in [0.4, 0.5) is 8.78 Å². The number of piperidine rings is 1. The molecule has 0 N–H and O–H groups in total. The van der Waals surface area contributed by atoms with Gasteiger partial charge in [0.05, 0.1) is 6.61 Å². The maximum atomic E-state index is 13.2. The van der Waals surface area contributed by atoms with Gasteiger partial charge in [-0.05, 0) is 12.1 Å². The van der Waals surface area contributed by atoms with E-state index in [-0.39, 0.29) is 31.8 Å². The van der Waals surface area contributed by atoms with Gasteiger partial charge in [0.25, 0.3) is 11.8 Å². The van der Waals surface area contributed by atoms with Crippen LogP contribution < -0.4 is 4.74 Å². The molecule has 3 rings (SSSR count). The zero-order chi connectivity index (χ0) is 17.7. The Kier molecular flexibility index (Phi) is 5.86. The SMILES string of the molecule is O=C(C1CN(CCOc2ccccc2)CCO1)N1CCC(F)(F)CC1. The minimum absolute atomic E-state index is 0.100. The number of para-hydroxylation sites is 1. The van der Waals surface area contributed by atoms with Crippen molar-refractivity contribution in [3.05, 3.63) is 30.3 Å². The molecule has 2 saturated heterocycles. The molecule has 0 spiro atoms. The van der Waals surface area contributed by atoms with Gasteiger partial charge < -0.3 is 14.4 Å². The van der Waals surface area contributed by atoms with Crippen molar-refractivity contribution in [2.45, 2.75) is 24.9 Å². The van der Waals surface area contributed by atoms with Gasteiger partial charge in [-0.25, -0.2) is 8.78 Å². The molecule has 5 nitrogen and oxygen atoms in total. The van der Waals surface area contributed by atoms with Crippen LogP contribution in [0.2, 0.25) is 0 Å². The van der Waals surface area contributed by atoms with Crippen LogP contribution in [-0.4, -0.2) is 73.7 Å². The molecule has 1 amide bonds. The smallest absolute Gasteiger partial charge is 0.253 e. The van der Waals surface area contributed by atoms with Crippen molar-refractivity contribution in [3.63, 3.8) is 0 Å². The van der Waals surface area contributed by atoms with Crippen molar-refractivity contribution >= 4 is 5.91 Å². The lowest BCUT2D eigenvalue weighted by Crippen LogP contribution is -2.54. The molecule has 1 unspecified atom stereocenters. The van der Waals surface area contributed by atoms with Crippen LogP contribution in [-0.2, 0) is 9.53 Å². The zero-order valence-corrected chi connectivity index (χ0v) is 14.2. The first-order valence-corrected chi connectivity index (χ1v) is 8.72. The Morgan fingerprint density at radius 2 is 1.92 bits per heavy atom. The van der Waals surface area contributed by atoms with E-state index in [4.69, 9.17) is 9.47 Å². The third kappa shape index (κ3) is 5.12. The lowest BCUT2D eigenvalue weighted by Gasteiger charge is -2.37. The lowest BCUT2D eigenvalue weighted by atomic mass is 10.1. The number of carbonyl (C=O) groups is 1. The number of hydrogen-bond donors (Lipinski definition) is 0. The largest absolute Gasteiger partial charge is 0.492 e. The zero-order valence-electron chi connectivity index (χ0n) is 14.2. The lowest BCUT2D eigenvalue weighted by molar-refractivity contribution is -0.155. The highest BCUT2D eigenvalue weighted by Gasteiger charge is 2.38. The van der Waals surface area contributed by atoms with Gasteiger partial charge in [0.1, 0.15) is 18.5 Å². The molecule has 1 aromatic carbocycles. The van der Waals surface area contributed by atoms with E-state index in [1.165, 1.54) is 4.90 Å². The molecule has 25 heavy (non-hydrogen) atoms. The molecule has 1 atom stereocenters. The number of likely N-dealkylation sites (tertiary alicyclic amines) is 1. The molecule has 138 valence electrons. The summed E-state index contributed by atoms with van der Waals surface area (Å²) in [6.45, 7) is 3.10. The van der Waals surface area contributed by atoms with E-state index in [0.717, 1.165) is 12.3 Å².